The summed E-state index contributed by atoms with van der Waals surface area (Å²) in [4.78, 5) is 12.1. The lowest BCUT2D eigenvalue weighted by atomic mass is 10.1. The Bertz CT molecular complexity index is 554. The molecule has 0 aliphatic rings. The maximum atomic E-state index is 12.0. The Morgan fingerprint density at radius 1 is 1.16 bits per heavy atom. The van der Waals surface area contributed by atoms with Gasteiger partial charge in [-0.2, -0.15) is 0 Å². The lowest BCUT2D eigenvalue weighted by Gasteiger charge is -2.11. The van der Waals surface area contributed by atoms with E-state index in [4.69, 9.17) is 0 Å². The summed E-state index contributed by atoms with van der Waals surface area (Å²) in [6.07, 6.45) is 0. The Kier molecular flexibility index (Phi) is 4.74. The van der Waals surface area contributed by atoms with Crippen LogP contribution in [0.3, 0.4) is 0 Å². The maximum absolute atomic E-state index is 12.0. The van der Waals surface area contributed by atoms with Crippen LogP contribution in [0.25, 0.3) is 0 Å². The van der Waals surface area contributed by atoms with E-state index in [2.05, 4.69) is 21.2 Å². The molecule has 0 aliphatic heterocycles. The number of carbonyl (C=O) groups excluding carboxylic acids is 1. The van der Waals surface area contributed by atoms with Crippen LogP contribution in [0.4, 0.5) is 0 Å². The van der Waals surface area contributed by atoms with Crippen LogP contribution in [0.5, 0.6) is 0 Å². The lowest BCUT2D eigenvalue weighted by molar-refractivity contribution is 0.0954. The van der Waals surface area contributed by atoms with Gasteiger partial charge < -0.3 is 5.32 Å². The van der Waals surface area contributed by atoms with Gasteiger partial charge in [-0.25, -0.2) is 0 Å². The number of halogens is 1. The minimum absolute atomic E-state index is 0.0379. The molecule has 0 saturated heterocycles. The number of rotatable bonds is 4. The van der Waals surface area contributed by atoms with Crippen molar-refractivity contribution in [2.45, 2.75) is 11.8 Å². The standard InChI is InChI=1S/C16H16BrNO/c1-12-6-5-9-14(10-12)16(19)18-11-15(17)13-7-3-2-4-8-13/h2-10,15H,11H2,1H3,(H,18,19). The maximum Gasteiger partial charge on any atom is 0.251 e. The van der Waals surface area contributed by atoms with Crippen molar-refractivity contribution in [3.05, 3.63) is 71.3 Å². The highest BCUT2D eigenvalue weighted by Gasteiger charge is 2.10. The fraction of sp³-hybridized carbons (Fsp3) is 0.188. The smallest absolute Gasteiger partial charge is 0.251 e. The highest BCUT2D eigenvalue weighted by atomic mass is 79.9. The van der Waals surface area contributed by atoms with Crippen molar-refractivity contribution in [3.63, 3.8) is 0 Å². The molecule has 0 aromatic heterocycles. The highest BCUT2D eigenvalue weighted by Crippen LogP contribution is 2.21. The monoisotopic (exact) mass is 317 g/mol. The molecule has 0 radical (unpaired) electrons. The summed E-state index contributed by atoms with van der Waals surface area (Å²) in [6.45, 7) is 2.55. The number of aryl methyl sites for hydroxylation is 1. The number of carbonyl (C=O) groups is 1. The first-order chi connectivity index (χ1) is 9.16. The van der Waals surface area contributed by atoms with Crippen LogP contribution < -0.4 is 5.32 Å². The van der Waals surface area contributed by atoms with E-state index in [9.17, 15) is 4.79 Å². The molecule has 2 aromatic rings. The van der Waals surface area contributed by atoms with Gasteiger partial charge in [0.15, 0.2) is 0 Å². The normalized spacial score (nSPS) is 11.9. The SMILES string of the molecule is Cc1cccc(C(=O)NCC(Br)c2ccccc2)c1. The van der Waals surface area contributed by atoms with Gasteiger partial charge in [0.05, 0.1) is 4.83 Å². The van der Waals surface area contributed by atoms with E-state index < -0.39 is 0 Å². The zero-order valence-electron chi connectivity index (χ0n) is 10.8. The summed E-state index contributed by atoms with van der Waals surface area (Å²) < 4.78 is 0. The van der Waals surface area contributed by atoms with Crippen molar-refractivity contribution in [2.75, 3.05) is 6.54 Å². The van der Waals surface area contributed by atoms with Crippen molar-refractivity contribution in [2.24, 2.45) is 0 Å². The van der Waals surface area contributed by atoms with Crippen LogP contribution >= 0.6 is 15.9 Å². The molecule has 1 unspecified atom stereocenters. The number of nitrogens with one attached hydrogen (secondary N) is 1. The Morgan fingerprint density at radius 2 is 1.89 bits per heavy atom. The van der Waals surface area contributed by atoms with Gasteiger partial charge in [0, 0.05) is 12.1 Å². The van der Waals surface area contributed by atoms with Crippen LogP contribution in [0, 0.1) is 6.92 Å². The number of benzene rings is 2. The van der Waals surface area contributed by atoms with Crippen LogP contribution in [-0.2, 0) is 0 Å². The third kappa shape index (κ3) is 3.93. The predicted octanol–water partition coefficient (Wildman–Crippen LogP) is 3.86. The zero-order chi connectivity index (χ0) is 13.7. The first kappa shape index (κ1) is 13.8. The molecule has 0 heterocycles. The molecule has 2 nitrogen and oxygen atoms in total. The van der Waals surface area contributed by atoms with Crippen molar-refractivity contribution in [1.82, 2.24) is 5.32 Å². The Labute approximate surface area is 122 Å². The largest absolute Gasteiger partial charge is 0.351 e. The third-order valence-corrected chi connectivity index (χ3v) is 3.74. The molecule has 98 valence electrons. The van der Waals surface area contributed by atoms with Crippen LogP contribution in [0.2, 0.25) is 0 Å². The Morgan fingerprint density at radius 3 is 2.58 bits per heavy atom. The molecular weight excluding hydrogens is 302 g/mol. The summed E-state index contributed by atoms with van der Waals surface area (Å²) in [5, 5.41) is 2.94. The molecule has 1 amide bonds. The van der Waals surface area contributed by atoms with Crippen LogP contribution in [0.15, 0.2) is 54.6 Å². The number of alkyl halides is 1. The molecule has 2 rings (SSSR count). The summed E-state index contributed by atoms with van der Waals surface area (Å²) in [5.41, 5.74) is 2.95. The average molecular weight is 318 g/mol. The fourth-order valence-electron chi connectivity index (χ4n) is 1.85. The molecular formula is C16H16BrNO. The molecule has 0 saturated carbocycles. The van der Waals surface area contributed by atoms with E-state index in [1.807, 2.05) is 61.5 Å². The summed E-state index contributed by atoms with van der Waals surface area (Å²) in [5.74, 6) is -0.0379. The Hall–Kier alpha value is -1.61. The van der Waals surface area contributed by atoms with Gasteiger partial charge in [0.2, 0.25) is 0 Å². The van der Waals surface area contributed by atoms with Gasteiger partial charge in [0.1, 0.15) is 0 Å². The minimum atomic E-state index is -0.0379. The number of hydrogen-bond acceptors (Lipinski definition) is 1. The lowest BCUT2D eigenvalue weighted by Crippen LogP contribution is -2.26. The topological polar surface area (TPSA) is 29.1 Å². The van der Waals surface area contributed by atoms with E-state index in [1.54, 1.807) is 0 Å². The van der Waals surface area contributed by atoms with Gasteiger partial charge in [-0.3, -0.25) is 4.79 Å². The first-order valence-electron chi connectivity index (χ1n) is 6.20. The second-order valence-electron chi connectivity index (χ2n) is 4.46. The quantitative estimate of drug-likeness (QED) is 0.852. The predicted molar refractivity (Wildman–Crippen MR) is 81.6 cm³/mol. The Balaban J connectivity index is 1.94. The average Bonchev–Trinajstić information content (AvgIpc) is 2.45. The molecule has 3 heteroatoms. The molecule has 19 heavy (non-hydrogen) atoms. The van der Waals surface area contributed by atoms with Gasteiger partial charge in [-0.15, -0.1) is 0 Å². The van der Waals surface area contributed by atoms with E-state index >= 15 is 0 Å². The molecule has 2 aromatic carbocycles. The summed E-state index contributed by atoms with van der Waals surface area (Å²) >= 11 is 3.59. The van der Waals surface area contributed by atoms with Crippen LogP contribution in [-0.4, -0.2) is 12.5 Å². The van der Waals surface area contributed by atoms with Crippen molar-refractivity contribution >= 4 is 21.8 Å². The van der Waals surface area contributed by atoms with Gasteiger partial charge >= 0.3 is 0 Å². The molecule has 0 aliphatic carbocycles. The summed E-state index contributed by atoms with van der Waals surface area (Å²) in [6, 6.07) is 17.6. The van der Waals surface area contributed by atoms with Crippen molar-refractivity contribution < 1.29 is 4.79 Å². The first-order valence-corrected chi connectivity index (χ1v) is 7.12. The van der Waals surface area contributed by atoms with E-state index in [0.29, 0.717) is 12.1 Å². The summed E-state index contributed by atoms with van der Waals surface area (Å²) in [7, 11) is 0. The second kappa shape index (κ2) is 6.53. The van der Waals surface area contributed by atoms with Gasteiger partial charge in [-0.1, -0.05) is 64.0 Å². The fourth-order valence-corrected chi connectivity index (χ4v) is 2.32. The molecule has 1 atom stereocenters. The van der Waals surface area contributed by atoms with E-state index in [-0.39, 0.29) is 10.7 Å². The van der Waals surface area contributed by atoms with Crippen molar-refractivity contribution in [3.8, 4) is 0 Å². The molecule has 0 bridgehead atoms. The number of amides is 1. The molecule has 0 spiro atoms. The third-order valence-electron chi connectivity index (χ3n) is 2.88. The second-order valence-corrected chi connectivity index (χ2v) is 5.56. The van der Waals surface area contributed by atoms with E-state index in [0.717, 1.165) is 11.1 Å². The van der Waals surface area contributed by atoms with Gasteiger partial charge in [0.25, 0.3) is 5.91 Å². The molecule has 0 fully saturated rings. The molecule has 1 N–H and O–H groups in total. The van der Waals surface area contributed by atoms with E-state index in [1.165, 1.54) is 0 Å². The highest BCUT2D eigenvalue weighted by molar-refractivity contribution is 9.09. The minimum Gasteiger partial charge on any atom is -0.351 e. The zero-order valence-corrected chi connectivity index (χ0v) is 12.4. The van der Waals surface area contributed by atoms with Gasteiger partial charge in [-0.05, 0) is 24.6 Å². The van der Waals surface area contributed by atoms with Crippen LogP contribution in [0.1, 0.15) is 26.3 Å². The number of hydrogen-bond donors (Lipinski definition) is 1. The van der Waals surface area contributed by atoms with Crippen molar-refractivity contribution in [1.29, 1.82) is 0 Å².